The number of amides is 3. The molecule has 9 nitrogen and oxygen atoms in total. The average molecular weight is 578 g/mol. The van der Waals surface area contributed by atoms with Crippen LogP contribution in [0.1, 0.15) is 76.6 Å². The number of terminal acetylenes is 1. The quantitative estimate of drug-likeness (QED) is 0.252. The topological polar surface area (TPSA) is 114 Å². The first-order valence-electron chi connectivity index (χ1n) is 14.3. The maximum atomic E-state index is 14.3. The molecule has 2 rings (SSSR count). The summed E-state index contributed by atoms with van der Waals surface area (Å²) in [5.41, 5.74) is 1.23. The molecular formula is C33H43N3O6. The van der Waals surface area contributed by atoms with Crippen LogP contribution in [-0.2, 0) is 30.3 Å². The van der Waals surface area contributed by atoms with Crippen LogP contribution in [0.25, 0.3) is 0 Å². The van der Waals surface area contributed by atoms with Gasteiger partial charge in [0.05, 0.1) is 13.0 Å². The van der Waals surface area contributed by atoms with Gasteiger partial charge in [-0.15, -0.1) is 6.42 Å². The zero-order valence-corrected chi connectivity index (χ0v) is 25.3. The second-order valence-electron chi connectivity index (χ2n) is 10.8. The van der Waals surface area contributed by atoms with E-state index < -0.39 is 41.6 Å². The lowest BCUT2D eigenvalue weighted by molar-refractivity contribution is -0.144. The Morgan fingerprint density at radius 3 is 2.24 bits per heavy atom. The third-order valence-electron chi connectivity index (χ3n) is 6.19. The van der Waals surface area contributed by atoms with E-state index in [1.54, 1.807) is 52.0 Å². The van der Waals surface area contributed by atoms with Gasteiger partial charge < -0.3 is 25.0 Å². The van der Waals surface area contributed by atoms with Gasteiger partial charge in [0.15, 0.2) is 0 Å². The Kier molecular flexibility index (Phi) is 13.6. The van der Waals surface area contributed by atoms with Crippen molar-refractivity contribution >= 4 is 23.9 Å². The number of rotatable bonds is 14. The fraction of sp³-hybridized carbons (Fsp3) is 0.455. The van der Waals surface area contributed by atoms with Gasteiger partial charge in [0.1, 0.15) is 17.7 Å². The average Bonchev–Trinajstić information content (AvgIpc) is 2.94. The fourth-order valence-electron chi connectivity index (χ4n) is 4.25. The molecule has 0 bridgehead atoms. The SMILES string of the molecule is C#Cc1ccc(C(C(=O)NCCC(=O)OCC)N(CCCC)C(=O)C(Cc2ccccc2)NC(=O)OC(C)(C)C)cc1. The van der Waals surface area contributed by atoms with E-state index in [4.69, 9.17) is 15.9 Å². The summed E-state index contributed by atoms with van der Waals surface area (Å²) in [5, 5.41) is 5.53. The molecule has 0 spiro atoms. The summed E-state index contributed by atoms with van der Waals surface area (Å²) in [6.45, 7) is 9.45. The molecule has 2 aromatic carbocycles. The lowest BCUT2D eigenvalue weighted by atomic mass is 9.99. The fourth-order valence-corrected chi connectivity index (χ4v) is 4.25. The molecule has 226 valence electrons. The van der Waals surface area contributed by atoms with Gasteiger partial charge in [0.2, 0.25) is 11.8 Å². The molecule has 0 saturated carbocycles. The number of carbonyl (C=O) groups is 4. The Balaban J connectivity index is 2.50. The van der Waals surface area contributed by atoms with Crippen LogP contribution in [0.4, 0.5) is 4.79 Å². The van der Waals surface area contributed by atoms with Crippen molar-refractivity contribution in [2.45, 2.75) is 78.0 Å². The van der Waals surface area contributed by atoms with Crippen LogP contribution >= 0.6 is 0 Å². The van der Waals surface area contributed by atoms with Crippen LogP contribution in [0, 0.1) is 12.3 Å². The second-order valence-corrected chi connectivity index (χ2v) is 10.8. The smallest absolute Gasteiger partial charge is 0.408 e. The number of nitrogens with one attached hydrogen (secondary N) is 2. The van der Waals surface area contributed by atoms with Crippen molar-refractivity contribution in [3.8, 4) is 12.3 Å². The zero-order chi connectivity index (χ0) is 31.1. The Hall–Kier alpha value is -4.32. The van der Waals surface area contributed by atoms with Gasteiger partial charge >= 0.3 is 12.1 Å². The van der Waals surface area contributed by atoms with E-state index in [-0.39, 0.29) is 32.5 Å². The van der Waals surface area contributed by atoms with Crippen LogP contribution in [0.5, 0.6) is 0 Å². The maximum absolute atomic E-state index is 14.3. The van der Waals surface area contributed by atoms with Crippen LogP contribution in [-0.4, -0.2) is 60.1 Å². The number of unbranched alkanes of at least 4 members (excludes halogenated alkanes) is 1. The van der Waals surface area contributed by atoms with Crippen LogP contribution in [0.2, 0.25) is 0 Å². The Labute approximate surface area is 249 Å². The molecule has 0 heterocycles. The molecule has 0 aliphatic carbocycles. The van der Waals surface area contributed by atoms with Crippen molar-refractivity contribution in [2.24, 2.45) is 0 Å². The van der Waals surface area contributed by atoms with Crippen molar-refractivity contribution in [3.63, 3.8) is 0 Å². The molecule has 3 amide bonds. The molecule has 0 radical (unpaired) electrons. The molecule has 2 atom stereocenters. The minimum absolute atomic E-state index is 0.0118. The molecule has 2 N–H and O–H groups in total. The minimum atomic E-state index is -1.04. The summed E-state index contributed by atoms with van der Waals surface area (Å²) in [7, 11) is 0. The van der Waals surface area contributed by atoms with Crippen LogP contribution < -0.4 is 10.6 Å². The summed E-state index contributed by atoms with van der Waals surface area (Å²) in [4.78, 5) is 54.3. The molecule has 9 heteroatoms. The number of alkyl carbamates (subject to hydrolysis) is 1. The summed E-state index contributed by atoms with van der Waals surface area (Å²) >= 11 is 0. The summed E-state index contributed by atoms with van der Waals surface area (Å²) in [5.74, 6) is 1.22. The van der Waals surface area contributed by atoms with Gasteiger partial charge in [-0.1, -0.05) is 61.7 Å². The monoisotopic (exact) mass is 577 g/mol. The first-order chi connectivity index (χ1) is 20.0. The predicted molar refractivity (Wildman–Crippen MR) is 161 cm³/mol. The highest BCUT2D eigenvalue weighted by molar-refractivity contribution is 5.92. The van der Waals surface area contributed by atoms with Gasteiger partial charge in [-0.05, 0) is 57.4 Å². The first-order valence-corrected chi connectivity index (χ1v) is 14.3. The van der Waals surface area contributed by atoms with Crippen molar-refractivity contribution in [3.05, 3.63) is 71.3 Å². The van der Waals surface area contributed by atoms with E-state index in [1.165, 1.54) is 4.90 Å². The molecule has 0 aliphatic rings. The summed E-state index contributed by atoms with van der Waals surface area (Å²) < 4.78 is 10.4. The molecular weight excluding hydrogens is 534 g/mol. The highest BCUT2D eigenvalue weighted by Gasteiger charge is 2.36. The Morgan fingerprint density at radius 2 is 1.67 bits per heavy atom. The minimum Gasteiger partial charge on any atom is -0.466 e. The van der Waals surface area contributed by atoms with E-state index in [9.17, 15) is 19.2 Å². The Morgan fingerprint density at radius 1 is 1.00 bits per heavy atom. The van der Waals surface area contributed by atoms with Crippen molar-refractivity contribution < 1.29 is 28.7 Å². The number of carbonyl (C=O) groups excluding carboxylic acids is 4. The molecule has 2 unspecified atom stereocenters. The first kappa shape index (κ1) is 33.9. The van der Waals surface area contributed by atoms with E-state index >= 15 is 0 Å². The van der Waals surface area contributed by atoms with Gasteiger partial charge in [-0.25, -0.2) is 4.79 Å². The highest BCUT2D eigenvalue weighted by atomic mass is 16.6. The third kappa shape index (κ3) is 11.3. The predicted octanol–water partition coefficient (Wildman–Crippen LogP) is 4.54. The number of esters is 1. The molecule has 0 aromatic heterocycles. The number of hydrogen-bond donors (Lipinski definition) is 2. The second kappa shape index (κ2) is 16.8. The number of benzene rings is 2. The number of nitrogens with zero attached hydrogens (tertiary/aromatic N) is 1. The van der Waals surface area contributed by atoms with Crippen molar-refractivity contribution in [1.82, 2.24) is 15.5 Å². The molecule has 0 saturated heterocycles. The van der Waals surface area contributed by atoms with Crippen molar-refractivity contribution in [2.75, 3.05) is 19.7 Å². The highest BCUT2D eigenvalue weighted by Crippen LogP contribution is 2.25. The molecule has 2 aromatic rings. The molecule has 42 heavy (non-hydrogen) atoms. The lowest BCUT2D eigenvalue weighted by Gasteiger charge is -2.34. The normalized spacial score (nSPS) is 12.3. The molecule has 0 fully saturated rings. The van der Waals surface area contributed by atoms with E-state index in [1.807, 2.05) is 37.3 Å². The molecule has 0 aliphatic heterocycles. The maximum Gasteiger partial charge on any atom is 0.408 e. The summed E-state index contributed by atoms with van der Waals surface area (Å²) in [6, 6.07) is 14.1. The third-order valence-corrected chi connectivity index (χ3v) is 6.19. The van der Waals surface area contributed by atoms with Gasteiger partial charge in [0.25, 0.3) is 0 Å². The van der Waals surface area contributed by atoms with Crippen molar-refractivity contribution in [1.29, 1.82) is 0 Å². The van der Waals surface area contributed by atoms with Gasteiger partial charge in [-0.2, -0.15) is 0 Å². The largest absolute Gasteiger partial charge is 0.466 e. The van der Waals surface area contributed by atoms with Crippen LogP contribution in [0.15, 0.2) is 54.6 Å². The lowest BCUT2D eigenvalue weighted by Crippen LogP contribution is -2.54. The van der Waals surface area contributed by atoms with E-state index in [0.29, 0.717) is 17.5 Å². The van der Waals surface area contributed by atoms with Crippen LogP contribution in [0.3, 0.4) is 0 Å². The standard InChI is InChI=1S/C33H43N3O6/c1-7-10-22-36(31(39)27(23-25-14-12-11-13-15-25)35-32(40)42-33(4,5)6)29(26-18-16-24(8-2)17-19-26)30(38)34-21-20-28(37)41-9-3/h2,11-19,27,29H,7,9-10,20-23H2,1,3-6H3,(H,34,38)(H,35,40). The van der Waals surface area contributed by atoms with Gasteiger partial charge in [-0.3, -0.25) is 14.4 Å². The van der Waals surface area contributed by atoms with Gasteiger partial charge in [0, 0.05) is 25.1 Å². The van der Waals surface area contributed by atoms with E-state index in [2.05, 4.69) is 16.6 Å². The number of hydrogen-bond acceptors (Lipinski definition) is 6. The summed E-state index contributed by atoms with van der Waals surface area (Å²) in [6.07, 6.45) is 6.36. The Bertz CT molecular complexity index is 1220. The zero-order valence-electron chi connectivity index (χ0n) is 25.3. The van der Waals surface area contributed by atoms with E-state index in [0.717, 1.165) is 12.0 Å². The number of ether oxygens (including phenoxy) is 2.